The van der Waals surface area contributed by atoms with E-state index in [1.807, 2.05) is 66.1 Å². The van der Waals surface area contributed by atoms with E-state index in [4.69, 9.17) is 9.97 Å². The first-order chi connectivity index (χ1) is 13.2. The molecule has 5 aromatic rings. The standard InChI is InChI=1S/C22H15FN4/c1-14-9-11-15(12-10-14)21-26-20-22(25-19-8-3-2-7-18(19)24-20)27(21)17-6-4-5-16(23)13-17/h2-13H,1H3. The number of hydrogen-bond donors (Lipinski definition) is 0. The van der Waals surface area contributed by atoms with Crippen molar-refractivity contribution in [3.8, 4) is 17.1 Å². The molecule has 4 nitrogen and oxygen atoms in total. The Hall–Kier alpha value is -3.60. The summed E-state index contributed by atoms with van der Waals surface area (Å²) < 4.78 is 15.8. The second-order valence-corrected chi connectivity index (χ2v) is 6.48. The molecular formula is C22H15FN4. The van der Waals surface area contributed by atoms with Crippen molar-refractivity contribution in [2.45, 2.75) is 6.92 Å². The fourth-order valence-corrected chi connectivity index (χ4v) is 3.21. The molecule has 5 rings (SSSR count). The van der Waals surface area contributed by atoms with Crippen LogP contribution in [0.3, 0.4) is 0 Å². The van der Waals surface area contributed by atoms with Crippen molar-refractivity contribution in [1.29, 1.82) is 0 Å². The average molecular weight is 354 g/mol. The van der Waals surface area contributed by atoms with Gasteiger partial charge in [-0.2, -0.15) is 0 Å². The Kier molecular flexibility index (Phi) is 3.47. The van der Waals surface area contributed by atoms with Crippen LogP contribution < -0.4 is 0 Å². The van der Waals surface area contributed by atoms with E-state index < -0.39 is 0 Å². The summed E-state index contributed by atoms with van der Waals surface area (Å²) in [7, 11) is 0. The first kappa shape index (κ1) is 15.6. The number of rotatable bonds is 2. The number of aryl methyl sites for hydroxylation is 1. The number of nitrogens with zero attached hydrogens (tertiary/aromatic N) is 4. The minimum Gasteiger partial charge on any atom is -0.275 e. The maximum absolute atomic E-state index is 13.9. The summed E-state index contributed by atoms with van der Waals surface area (Å²) >= 11 is 0. The van der Waals surface area contributed by atoms with Gasteiger partial charge >= 0.3 is 0 Å². The second kappa shape index (κ2) is 5.99. The minimum absolute atomic E-state index is 0.307. The smallest absolute Gasteiger partial charge is 0.199 e. The van der Waals surface area contributed by atoms with Gasteiger partial charge in [0.1, 0.15) is 11.6 Å². The first-order valence-corrected chi connectivity index (χ1v) is 8.67. The van der Waals surface area contributed by atoms with E-state index in [2.05, 4.69) is 4.98 Å². The van der Waals surface area contributed by atoms with Gasteiger partial charge in [-0.05, 0) is 37.3 Å². The maximum Gasteiger partial charge on any atom is 0.199 e. The third-order valence-electron chi connectivity index (χ3n) is 4.55. The lowest BCUT2D eigenvalue weighted by molar-refractivity contribution is 0.627. The fraction of sp³-hybridized carbons (Fsp3) is 0.0455. The molecule has 0 aliphatic rings. The molecule has 0 aliphatic carbocycles. The van der Waals surface area contributed by atoms with Crippen LogP contribution >= 0.6 is 0 Å². The van der Waals surface area contributed by atoms with Gasteiger partial charge in [-0.25, -0.2) is 19.3 Å². The Bertz CT molecular complexity index is 1290. The normalized spacial score (nSPS) is 11.3. The lowest BCUT2D eigenvalue weighted by Gasteiger charge is -2.09. The number of aromatic nitrogens is 4. The van der Waals surface area contributed by atoms with Crippen LogP contribution in [0.4, 0.5) is 4.39 Å². The molecule has 2 heterocycles. The number of halogens is 1. The highest BCUT2D eigenvalue weighted by Gasteiger charge is 2.17. The number of fused-ring (bicyclic) bond motifs is 2. The van der Waals surface area contributed by atoms with E-state index in [-0.39, 0.29) is 5.82 Å². The van der Waals surface area contributed by atoms with Crippen LogP contribution in [-0.4, -0.2) is 19.5 Å². The molecule has 0 bridgehead atoms. The molecule has 0 amide bonds. The number of para-hydroxylation sites is 2. The van der Waals surface area contributed by atoms with Gasteiger partial charge in [0.15, 0.2) is 11.3 Å². The van der Waals surface area contributed by atoms with Crippen LogP contribution in [0, 0.1) is 12.7 Å². The predicted octanol–water partition coefficient (Wildman–Crippen LogP) is 5.08. The van der Waals surface area contributed by atoms with E-state index in [1.54, 1.807) is 6.07 Å². The van der Waals surface area contributed by atoms with Gasteiger partial charge < -0.3 is 0 Å². The Labute approximate surface area is 155 Å². The van der Waals surface area contributed by atoms with Gasteiger partial charge in [0.05, 0.1) is 16.7 Å². The molecule has 0 atom stereocenters. The van der Waals surface area contributed by atoms with E-state index in [0.717, 1.165) is 22.2 Å². The molecule has 27 heavy (non-hydrogen) atoms. The van der Waals surface area contributed by atoms with Gasteiger partial charge in [0, 0.05) is 5.56 Å². The Morgan fingerprint density at radius 2 is 1.52 bits per heavy atom. The zero-order valence-electron chi connectivity index (χ0n) is 14.6. The zero-order chi connectivity index (χ0) is 18.4. The van der Waals surface area contributed by atoms with Gasteiger partial charge in [0.2, 0.25) is 0 Å². The fourth-order valence-electron chi connectivity index (χ4n) is 3.21. The molecule has 0 saturated heterocycles. The van der Waals surface area contributed by atoms with Crippen molar-refractivity contribution >= 4 is 22.3 Å². The summed E-state index contributed by atoms with van der Waals surface area (Å²) in [5.74, 6) is 0.379. The highest BCUT2D eigenvalue weighted by molar-refractivity contribution is 5.86. The SMILES string of the molecule is Cc1ccc(-c2nc3nc4ccccc4nc3n2-c2cccc(F)c2)cc1. The van der Waals surface area contributed by atoms with Crippen LogP contribution in [0.2, 0.25) is 0 Å². The van der Waals surface area contributed by atoms with Crippen LogP contribution in [0.15, 0.2) is 72.8 Å². The Balaban J connectivity index is 1.88. The van der Waals surface area contributed by atoms with Gasteiger partial charge in [0.25, 0.3) is 0 Å². The molecule has 2 aromatic heterocycles. The summed E-state index contributed by atoms with van der Waals surface area (Å²) in [6, 6.07) is 22.2. The average Bonchev–Trinajstić information content (AvgIpc) is 3.05. The molecule has 0 aliphatic heterocycles. The summed E-state index contributed by atoms with van der Waals surface area (Å²) in [6.07, 6.45) is 0. The molecule has 3 aromatic carbocycles. The number of benzene rings is 3. The molecular weight excluding hydrogens is 339 g/mol. The maximum atomic E-state index is 13.9. The zero-order valence-corrected chi connectivity index (χ0v) is 14.6. The van der Waals surface area contributed by atoms with Gasteiger partial charge in [-0.15, -0.1) is 0 Å². The van der Waals surface area contributed by atoms with E-state index in [1.165, 1.54) is 12.1 Å². The van der Waals surface area contributed by atoms with E-state index in [0.29, 0.717) is 22.8 Å². The largest absolute Gasteiger partial charge is 0.275 e. The molecule has 130 valence electrons. The van der Waals surface area contributed by atoms with Crippen molar-refractivity contribution in [3.05, 3.63) is 84.2 Å². The van der Waals surface area contributed by atoms with E-state index >= 15 is 0 Å². The Morgan fingerprint density at radius 1 is 0.778 bits per heavy atom. The third kappa shape index (κ3) is 2.64. The summed E-state index contributed by atoms with van der Waals surface area (Å²) in [4.78, 5) is 14.2. The molecule has 0 saturated carbocycles. The lowest BCUT2D eigenvalue weighted by atomic mass is 10.1. The van der Waals surface area contributed by atoms with Crippen LogP contribution in [0.5, 0.6) is 0 Å². The van der Waals surface area contributed by atoms with Crippen molar-refractivity contribution in [2.24, 2.45) is 0 Å². The monoisotopic (exact) mass is 354 g/mol. The van der Waals surface area contributed by atoms with Crippen molar-refractivity contribution in [3.63, 3.8) is 0 Å². The third-order valence-corrected chi connectivity index (χ3v) is 4.55. The Morgan fingerprint density at radius 3 is 2.26 bits per heavy atom. The lowest BCUT2D eigenvalue weighted by Crippen LogP contribution is -1.99. The summed E-state index contributed by atoms with van der Waals surface area (Å²) in [5.41, 5.74) is 5.45. The predicted molar refractivity (Wildman–Crippen MR) is 104 cm³/mol. The van der Waals surface area contributed by atoms with Crippen LogP contribution in [0.1, 0.15) is 5.56 Å². The first-order valence-electron chi connectivity index (χ1n) is 8.67. The van der Waals surface area contributed by atoms with Crippen LogP contribution in [-0.2, 0) is 0 Å². The molecule has 0 unspecified atom stereocenters. The summed E-state index contributed by atoms with van der Waals surface area (Å²) in [5, 5.41) is 0. The summed E-state index contributed by atoms with van der Waals surface area (Å²) in [6.45, 7) is 2.04. The second-order valence-electron chi connectivity index (χ2n) is 6.48. The molecule has 0 spiro atoms. The molecule has 0 fully saturated rings. The molecule has 0 N–H and O–H groups in total. The minimum atomic E-state index is -0.307. The van der Waals surface area contributed by atoms with Crippen LogP contribution in [0.25, 0.3) is 39.4 Å². The topological polar surface area (TPSA) is 43.6 Å². The van der Waals surface area contributed by atoms with Gasteiger partial charge in [-0.1, -0.05) is 48.0 Å². The number of hydrogen-bond acceptors (Lipinski definition) is 3. The van der Waals surface area contributed by atoms with Gasteiger partial charge in [-0.3, -0.25) is 4.57 Å². The van der Waals surface area contributed by atoms with Crippen molar-refractivity contribution in [2.75, 3.05) is 0 Å². The molecule has 0 radical (unpaired) electrons. The highest BCUT2D eigenvalue weighted by Crippen LogP contribution is 2.28. The quantitative estimate of drug-likeness (QED) is 0.444. The highest BCUT2D eigenvalue weighted by atomic mass is 19.1. The number of imidazole rings is 1. The van der Waals surface area contributed by atoms with E-state index in [9.17, 15) is 4.39 Å². The van der Waals surface area contributed by atoms with Crippen molar-refractivity contribution in [1.82, 2.24) is 19.5 Å². The molecule has 5 heteroatoms. The van der Waals surface area contributed by atoms with Crippen molar-refractivity contribution < 1.29 is 4.39 Å².